The number of nitrogens with one attached hydrogen (secondary N) is 1. The van der Waals surface area contributed by atoms with E-state index in [1.807, 2.05) is 0 Å². The number of aliphatic hydroxyl groups is 2. The molecule has 0 fully saturated rings. The lowest BCUT2D eigenvalue weighted by Crippen LogP contribution is -2.45. The van der Waals surface area contributed by atoms with Crippen LogP contribution in [0.2, 0.25) is 0 Å². The van der Waals surface area contributed by atoms with E-state index in [-0.39, 0.29) is 12.5 Å². The van der Waals surface area contributed by atoms with Gasteiger partial charge in [-0.05, 0) is 38.5 Å². The van der Waals surface area contributed by atoms with Crippen molar-refractivity contribution >= 4 is 5.91 Å². The Hall–Kier alpha value is -0.870. The third-order valence-electron chi connectivity index (χ3n) is 11.3. The third kappa shape index (κ3) is 40.3. The van der Waals surface area contributed by atoms with Crippen molar-refractivity contribution in [2.75, 3.05) is 6.61 Å². The molecule has 3 N–H and O–H groups in total. The molecule has 52 heavy (non-hydrogen) atoms. The first-order valence-electron chi connectivity index (χ1n) is 23.9. The van der Waals surface area contributed by atoms with E-state index in [1.54, 1.807) is 0 Å². The van der Waals surface area contributed by atoms with Crippen molar-refractivity contribution in [3.05, 3.63) is 12.2 Å². The topological polar surface area (TPSA) is 69.6 Å². The smallest absolute Gasteiger partial charge is 0.220 e. The summed E-state index contributed by atoms with van der Waals surface area (Å²) in [6.07, 6.45) is 55.9. The molecule has 0 heterocycles. The normalized spacial score (nSPS) is 12.9. The molecule has 0 aromatic carbocycles. The summed E-state index contributed by atoms with van der Waals surface area (Å²) in [6, 6.07) is -0.535. The van der Waals surface area contributed by atoms with Gasteiger partial charge in [-0.3, -0.25) is 4.79 Å². The van der Waals surface area contributed by atoms with E-state index in [4.69, 9.17) is 0 Å². The van der Waals surface area contributed by atoms with E-state index in [2.05, 4.69) is 31.3 Å². The number of hydrogen-bond donors (Lipinski definition) is 3. The van der Waals surface area contributed by atoms with Gasteiger partial charge in [0, 0.05) is 6.42 Å². The largest absolute Gasteiger partial charge is 0.394 e. The molecule has 0 aliphatic carbocycles. The van der Waals surface area contributed by atoms with Gasteiger partial charge in [0.2, 0.25) is 5.91 Å². The summed E-state index contributed by atoms with van der Waals surface area (Å²) in [4.78, 5) is 12.4. The van der Waals surface area contributed by atoms with Crippen molar-refractivity contribution in [2.45, 2.75) is 283 Å². The average molecular weight is 734 g/mol. The fourth-order valence-electron chi connectivity index (χ4n) is 7.59. The van der Waals surface area contributed by atoms with Crippen LogP contribution in [0.15, 0.2) is 12.2 Å². The van der Waals surface area contributed by atoms with Gasteiger partial charge in [0.15, 0.2) is 0 Å². The maximum Gasteiger partial charge on any atom is 0.220 e. The molecule has 0 rings (SSSR count). The van der Waals surface area contributed by atoms with Crippen molar-refractivity contribution in [1.29, 1.82) is 0 Å². The Balaban J connectivity index is 3.47. The number of hydrogen-bond acceptors (Lipinski definition) is 3. The second-order valence-electron chi connectivity index (χ2n) is 16.5. The first-order chi connectivity index (χ1) is 25.7. The number of carbonyl (C=O) groups is 1. The zero-order valence-electron chi connectivity index (χ0n) is 35.6. The maximum atomic E-state index is 12.4. The molecule has 0 spiro atoms. The number of aliphatic hydroxyl groups excluding tert-OH is 2. The highest BCUT2D eigenvalue weighted by Gasteiger charge is 2.20. The first kappa shape index (κ1) is 51.1. The monoisotopic (exact) mass is 734 g/mol. The lowest BCUT2D eigenvalue weighted by Gasteiger charge is -2.22. The zero-order valence-corrected chi connectivity index (χ0v) is 35.6. The van der Waals surface area contributed by atoms with Crippen LogP contribution in [0.4, 0.5) is 0 Å². The third-order valence-corrected chi connectivity index (χ3v) is 11.3. The zero-order chi connectivity index (χ0) is 37.8. The summed E-state index contributed by atoms with van der Waals surface area (Å²) in [5.74, 6) is -0.0320. The lowest BCUT2D eigenvalue weighted by molar-refractivity contribution is -0.123. The molecule has 4 nitrogen and oxygen atoms in total. The molecule has 0 saturated heterocycles. The van der Waals surface area contributed by atoms with Crippen LogP contribution in [0.3, 0.4) is 0 Å². The summed E-state index contributed by atoms with van der Waals surface area (Å²) in [5.41, 5.74) is 0. The summed E-state index contributed by atoms with van der Waals surface area (Å²) in [6.45, 7) is 4.38. The summed E-state index contributed by atoms with van der Waals surface area (Å²) in [7, 11) is 0. The SMILES string of the molecule is CCCCCCCCC/C=C\CCCCCCCCCC(=O)NC(CO)C(O)CCCCCCCCCCCCCCCCCCCCCCCC. The summed E-state index contributed by atoms with van der Waals surface area (Å²) >= 11 is 0. The van der Waals surface area contributed by atoms with Crippen molar-refractivity contribution in [3.8, 4) is 0 Å². The molecule has 0 aromatic heterocycles. The fraction of sp³-hybridized carbons (Fsp3) is 0.938. The van der Waals surface area contributed by atoms with Gasteiger partial charge in [0.05, 0.1) is 18.8 Å². The molecule has 0 aromatic rings. The Morgan fingerprint density at radius 2 is 0.731 bits per heavy atom. The van der Waals surface area contributed by atoms with Crippen LogP contribution in [0.1, 0.15) is 271 Å². The van der Waals surface area contributed by atoms with Crippen LogP contribution in [0.5, 0.6) is 0 Å². The van der Waals surface area contributed by atoms with E-state index in [0.717, 1.165) is 25.7 Å². The van der Waals surface area contributed by atoms with E-state index in [1.165, 1.54) is 218 Å². The van der Waals surface area contributed by atoms with Gasteiger partial charge in [-0.2, -0.15) is 0 Å². The molecule has 0 saturated carbocycles. The predicted octanol–water partition coefficient (Wildman–Crippen LogP) is 15.0. The molecule has 0 aliphatic heterocycles. The summed E-state index contributed by atoms with van der Waals surface area (Å²) < 4.78 is 0. The highest BCUT2D eigenvalue weighted by molar-refractivity contribution is 5.76. The Morgan fingerprint density at radius 3 is 1.06 bits per heavy atom. The van der Waals surface area contributed by atoms with Crippen LogP contribution >= 0.6 is 0 Å². The van der Waals surface area contributed by atoms with Crippen molar-refractivity contribution < 1.29 is 15.0 Å². The highest BCUT2D eigenvalue weighted by Crippen LogP contribution is 2.17. The maximum absolute atomic E-state index is 12.4. The van der Waals surface area contributed by atoms with Gasteiger partial charge in [0.1, 0.15) is 0 Å². The molecule has 0 radical (unpaired) electrons. The molecule has 2 atom stereocenters. The Morgan fingerprint density at radius 1 is 0.442 bits per heavy atom. The minimum atomic E-state index is -0.658. The second-order valence-corrected chi connectivity index (χ2v) is 16.5. The summed E-state index contributed by atoms with van der Waals surface area (Å²) in [5, 5.41) is 23.2. The van der Waals surface area contributed by atoms with Gasteiger partial charge < -0.3 is 15.5 Å². The van der Waals surface area contributed by atoms with Gasteiger partial charge in [-0.1, -0.05) is 238 Å². The van der Waals surface area contributed by atoms with Gasteiger partial charge in [-0.15, -0.1) is 0 Å². The van der Waals surface area contributed by atoms with Crippen LogP contribution < -0.4 is 5.32 Å². The fourth-order valence-corrected chi connectivity index (χ4v) is 7.59. The minimum absolute atomic E-state index is 0.0320. The molecule has 4 heteroatoms. The van der Waals surface area contributed by atoms with E-state index in [0.29, 0.717) is 12.8 Å². The number of amides is 1. The number of carbonyl (C=O) groups excluding carboxylic acids is 1. The van der Waals surface area contributed by atoms with Crippen LogP contribution in [0, 0.1) is 0 Å². The first-order valence-corrected chi connectivity index (χ1v) is 23.9. The molecular formula is C48H95NO3. The van der Waals surface area contributed by atoms with Crippen molar-refractivity contribution in [2.24, 2.45) is 0 Å². The van der Waals surface area contributed by atoms with Crippen LogP contribution in [-0.2, 0) is 4.79 Å². The van der Waals surface area contributed by atoms with E-state index < -0.39 is 12.1 Å². The van der Waals surface area contributed by atoms with Crippen LogP contribution in [0.25, 0.3) is 0 Å². The van der Waals surface area contributed by atoms with E-state index in [9.17, 15) is 15.0 Å². The standard InChI is InChI=1S/C48H95NO3/c1-3-5-7-9-11-13-15-17-19-21-23-24-25-26-27-29-31-33-35-37-39-41-43-47(51)46(45-50)49-48(52)44-42-40-38-36-34-32-30-28-22-20-18-16-14-12-10-8-6-4-2/h20,22,46-47,50-51H,3-19,21,23-45H2,1-2H3,(H,49,52)/b22-20-. The minimum Gasteiger partial charge on any atom is -0.394 e. The van der Waals surface area contributed by atoms with Crippen molar-refractivity contribution in [3.63, 3.8) is 0 Å². The predicted molar refractivity (Wildman–Crippen MR) is 230 cm³/mol. The van der Waals surface area contributed by atoms with Crippen LogP contribution in [-0.4, -0.2) is 34.9 Å². The number of allylic oxidation sites excluding steroid dienone is 2. The van der Waals surface area contributed by atoms with E-state index >= 15 is 0 Å². The molecular weight excluding hydrogens is 639 g/mol. The van der Waals surface area contributed by atoms with Crippen molar-refractivity contribution in [1.82, 2.24) is 5.32 Å². The quantitative estimate of drug-likeness (QED) is 0.0431. The molecule has 0 bridgehead atoms. The Kier molecular flexibility index (Phi) is 43.8. The molecule has 0 aliphatic rings. The highest BCUT2D eigenvalue weighted by atomic mass is 16.3. The second kappa shape index (κ2) is 44.5. The molecule has 2 unspecified atom stereocenters. The Labute approximate surface area is 327 Å². The lowest BCUT2D eigenvalue weighted by atomic mass is 10.0. The van der Waals surface area contributed by atoms with Gasteiger partial charge in [-0.25, -0.2) is 0 Å². The van der Waals surface area contributed by atoms with Gasteiger partial charge >= 0.3 is 0 Å². The average Bonchev–Trinajstić information content (AvgIpc) is 3.15. The molecule has 1 amide bonds. The molecule has 310 valence electrons. The van der Waals surface area contributed by atoms with Gasteiger partial charge in [0.25, 0.3) is 0 Å². The Bertz CT molecular complexity index is 710. The number of unbranched alkanes of at least 4 members (excludes halogenated alkanes) is 35. The number of rotatable bonds is 44.